The number of unbranched alkanes of at least 4 members (excludes halogenated alkanes) is 24. The van der Waals surface area contributed by atoms with Crippen molar-refractivity contribution in [1.29, 1.82) is 0 Å². The summed E-state index contributed by atoms with van der Waals surface area (Å²) in [5.41, 5.74) is 0. The Morgan fingerprint density at radius 2 is 0.636 bits per heavy atom. The molecule has 0 heterocycles. The summed E-state index contributed by atoms with van der Waals surface area (Å²) in [6.45, 7) is 12.5. The van der Waals surface area contributed by atoms with E-state index in [1.165, 1.54) is 180 Å². The highest BCUT2D eigenvalue weighted by atomic mass is 31.2. The SMILES string of the molecule is C=C.CCCCCCCCC=CCCCCCCCCOCCCCCCCCC=CCCCCCCCC.O=P(O)(O)O. The highest BCUT2D eigenvalue weighted by Crippen LogP contribution is 2.25. The van der Waals surface area contributed by atoms with E-state index in [1.807, 2.05) is 0 Å². The molecule has 0 aliphatic carbocycles. The molecule has 0 bridgehead atoms. The minimum atomic E-state index is -4.64. The number of phosphoric acid groups is 1. The van der Waals surface area contributed by atoms with Crippen LogP contribution in [0.25, 0.3) is 0 Å². The minimum absolute atomic E-state index is 0.978. The van der Waals surface area contributed by atoms with Crippen molar-refractivity contribution in [2.75, 3.05) is 13.2 Å². The topological polar surface area (TPSA) is 87.0 Å². The van der Waals surface area contributed by atoms with Gasteiger partial charge in [0, 0.05) is 13.2 Å². The maximum absolute atomic E-state index is 8.88. The molecule has 3 N–H and O–H groups in total. The van der Waals surface area contributed by atoms with Gasteiger partial charge in [0.25, 0.3) is 0 Å². The molecule has 0 unspecified atom stereocenters. The molecular formula is C38H77O5P. The number of ether oxygens (including phenoxy) is 1. The first-order chi connectivity index (χ1) is 21.4. The van der Waals surface area contributed by atoms with E-state index in [2.05, 4.69) is 51.3 Å². The molecular weight excluding hydrogens is 567 g/mol. The Kier molecular flexibility index (Phi) is 48.1. The fourth-order valence-electron chi connectivity index (χ4n) is 5.01. The molecule has 0 aromatic heterocycles. The van der Waals surface area contributed by atoms with Crippen molar-refractivity contribution in [3.8, 4) is 0 Å². The van der Waals surface area contributed by atoms with Crippen molar-refractivity contribution in [2.45, 2.75) is 194 Å². The standard InChI is InChI=1S/C36H70O.C2H4.H3O4P/c1-3-5-7-9-11-13-15-17-19-21-23-25-27-29-31-33-35-37-36-34-32-30-28-26-24-22-20-18-16-14-12-10-8-6-4-2;1-2;1-5(2,3)4/h17-20H,3-16,21-36H2,1-2H3;1-2H2;(H3,1,2,3,4). The molecule has 0 aliphatic rings. The number of hydrogen-bond acceptors (Lipinski definition) is 2. The maximum atomic E-state index is 8.88. The number of rotatable bonds is 32. The van der Waals surface area contributed by atoms with Crippen LogP contribution in [-0.4, -0.2) is 27.9 Å². The molecule has 0 aromatic carbocycles. The third kappa shape index (κ3) is 60.5. The zero-order valence-corrected chi connectivity index (χ0v) is 30.4. The minimum Gasteiger partial charge on any atom is -0.381 e. The Morgan fingerprint density at radius 3 is 0.886 bits per heavy atom. The van der Waals surface area contributed by atoms with Crippen LogP contribution in [0.15, 0.2) is 37.5 Å². The lowest BCUT2D eigenvalue weighted by Crippen LogP contribution is -1.97. The Labute approximate surface area is 275 Å². The van der Waals surface area contributed by atoms with Crippen LogP contribution in [0.2, 0.25) is 0 Å². The Balaban J connectivity index is -0.00000216. The molecule has 0 fully saturated rings. The van der Waals surface area contributed by atoms with E-state index in [-0.39, 0.29) is 0 Å². The van der Waals surface area contributed by atoms with Crippen molar-refractivity contribution in [3.05, 3.63) is 37.5 Å². The predicted molar refractivity (Wildman–Crippen MR) is 195 cm³/mol. The second-order valence-electron chi connectivity index (χ2n) is 12.0. The molecule has 0 spiro atoms. The first-order valence-corrected chi connectivity index (χ1v) is 20.1. The summed E-state index contributed by atoms with van der Waals surface area (Å²) in [5.74, 6) is 0. The van der Waals surface area contributed by atoms with Gasteiger partial charge in [-0.2, -0.15) is 0 Å². The third-order valence-electron chi connectivity index (χ3n) is 7.60. The molecule has 0 saturated heterocycles. The smallest absolute Gasteiger partial charge is 0.381 e. The number of hydrogen-bond donors (Lipinski definition) is 3. The van der Waals surface area contributed by atoms with E-state index in [1.54, 1.807) is 0 Å². The number of allylic oxidation sites excluding steroid dienone is 4. The Bertz CT molecular complexity index is 554. The van der Waals surface area contributed by atoms with Crippen LogP contribution in [0.1, 0.15) is 194 Å². The van der Waals surface area contributed by atoms with Gasteiger partial charge in [0.2, 0.25) is 0 Å². The molecule has 0 saturated carbocycles. The molecule has 44 heavy (non-hydrogen) atoms. The maximum Gasteiger partial charge on any atom is 0.466 e. The zero-order valence-electron chi connectivity index (χ0n) is 29.5. The van der Waals surface area contributed by atoms with Gasteiger partial charge in [-0.3, -0.25) is 0 Å². The quantitative estimate of drug-likeness (QED) is 0.0385. The lowest BCUT2D eigenvalue weighted by atomic mass is 10.1. The monoisotopic (exact) mass is 645 g/mol. The summed E-state index contributed by atoms with van der Waals surface area (Å²) in [6.07, 6.45) is 48.1. The summed E-state index contributed by atoms with van der Waals surface area (Å²) in [5, 5.41) is 0. The molecule has 0 amide bonds. The van der Waals surface area contributed by atoms with E-state index in [0.717, 1.165) is 13.2 Å². The van der Waals surface area contributed by atoms with Gasteiger partial charge in [0.15, 0.2) is 0 Å². The van der Waals surface area contributed by atoms with Crippen LogP contribution in [0.4, 0.5) is 0 Å². The van der Waals surface area contributed by atoms with Crippen molar-refractivity contribution in [3.63, 3.8) is 0 Å². The van der Waals surface area contributed by atoms with E-state index in [0.29, 0.717) is 0 Å². The van der Waals surface area contributed by atoms with Crippen LogP contribution in [0.3, 0.4) is 0 Å². The van der Waals surface area contributed by atoms with Crippen molar-refractivity contribution in [1.82, 2.24) is 0 Å². The van der Waals surface area contributed by atoms with Crippen LogP contribution in [-0.2, 0) is 9.30 Å². The molecule has 5 nitrogen and oxygen atoms in total. The molecule has 0 rings (SSSR count). The summed E-state index contributed by atoms with van der Waals surface area (Å²) < 4.78 is 14.7. The van der Waals surface area contributed by atoms with Gasteiger partial charge < -0.3 is 19.4 Å². The summed E-state index contributed by atoms with van der Waals surface area (Å²) in [7, 11) is -4.64. The van der Waals surface area contributed by atoms with Crippen LogP contribution < -0.4 is 0 Å². The summed E-state index contributed by atoms with van der Waals surface area (Å²) in [4.78, 5) is 21.6. The molecule has 0 atom stereocenters. The zero-order chi connectivity index (χ0) is 33.2. The van der Waals surface area contributed by atoms with Crippen molar-refractivity contribution < 1.29 is 24.0 Å². The van der Waals surface area contributed by atoms with Gasteiger partial charge in [-0.05, 0) is 64.2 Å². The summed E-state index contributed by atoms with van der Waals surface area (Å²) >= 11 is 0. The summed E-state index contributed by atoms with van der Waals surface area (Å²) in [6, 6.07) is 0. The average molecular weight is 645 g/mol. The van der Waals surface area contributed by atoms with Gasteiger partial charge in [-0.15, -0.1) is 13.2 Å². The first-order valence-electron chi connectivity index (χ1n) is 18.6. The van der Waals surface area contributed by atoms with Crippen molar-refractivity contribution in [2.24, 2.45) is 0 Å². The highest BCUT2D eigenvalue weighted by molar-refractivity contribution is 7.45. The molecule has 0 aromatic rings. The van der Waals surface area contributed by atoms with Gasteiger partial charge in [0.05, 0.1) is 0 Å². The van der Waals surface area contributed by atoms with Crippen LogP contribution in [0.5, 0.6) is 0 Å². The normalized spacial score (nSPS) is 11.5. The van der Waals surface area contributed by atoms with Gasteiger partial charge >= 0.3 is 7.82 Å². The average Bonchev–Trinajstić information content (AvgIpc) is 2.99. The Morgan fingerprint density at radius 1 is 0.432 bits per heavy atom. The molecule has 264 valence electrons. The molecule has 6 heteroatoms. The van der Waals surface area contributed by atoms with E-state index < -0.39 is 7.82 Å². The van der Waals surface area contributed by atoms with Gasteiger partial charge in [-0.1, -0.05) is 154 Å². The first kappa shape index (κ1) is 47.7. The van der Waals surface area contributed by atoms with Gasteiger partial charge in [-0.25, -0.2) is 4.57 Å². The molecule has 0 aliphatic heterocycles. The molecule has 0 radical (unpaired) electrons. The largest absolute Gasteiger partial charge is 0.466 e. The fraction of sp³-hybridized carbons (Fsp3) is 0.842. The fourth-order valence-corrected chi connectivity index (χ4v) is 5.01. The van der Waals surface area contributed by atoms with Crippen LogP contribution >= 0.6 is 7.82 Å². The van der Waals surface area contributed by atoms with E-state index in [9.17, 15) is 0 Å². The van der Waals surface area contributed by atoms with E-state index in [4.69, 9.17) is 24.0 Å². The second kappa shape index (κ2) is 44.4. The second-order valence-corrected chi connectivity index (χ2v) is 13.0. The lowest BCUT2D eigenvalue weighted by Gasteiger charge is -2.05. The predicted octanol–water partition coefficient (Wildman–Crippen LogP) is 13.0. The third-order valence-corrected chi connectivity index (χ3v) is 7.60. The highest BCUT2D eigenvalue weighted by Gasteiger charge is 2.00. The van der Waals surface area contributed by atoms with Crippen LogP contribution in [0, 0.1) is 0 Å². The Hall–Kier alpha value is -0.710. The lowest BCUT2D eigenvalue weighted by molar-refractivity contribution is 0.125. The van der Waals surface area contributed by atoms with E-state index >= 15 is 0 Å². The van der Waals surface area contributed by atoms with Gasteiger partial charge in [0.1, 0.15) is 0 Å². The van der Waals surface area contributed by atoms with Crippen molar-refractivity contribution >= 4 is 7.82 Å².